The molecule has 0 N–H and O–H groups in total. The summed E-state index contributed by atoms with van der Waals surface area (Å²) in [6.07, 6.45) is 0. The second-order valence-corrected chi connectivity index (χ2v) is 9.36. The van der Waals surface area contributed by atoms with E-state index in [2.05, 4.69) is 116 Å². The zero-order valence-corrected chi connectivity index (χ0v) is 17.8. The van der Waals surface area contributed by atoms with Crippen molar-refractivity contribution in [3.8, 4) is 0 Å². The molecule has 2 heteroatoms. The van der Waals surface area contributed by atoms with Gasteiger partial charge in [0.05, 0.1) is 0 Å². The van der Waals surface area contributed by atoms with E-state index in [1.54, 1.807) is 0 Å². The van der Waals surface area contributed by atoms with Gasteiger partial charge < -0.3 is 4.90 Å². The molecule has 0 saturated heterocycles. The van der Waals surface area contributed by atoms with Crippen molar-refractivity contribution in [3.63, 3.8) is 0 Å². The maximum atomic E-state index is 2.45. The fraction of sp³-hybridized carbons (Fsp3) is 0.103. The second kappa shape index (κ2) is 5.79. The lowest BCUT2D eigenvalue weighted by Crippen LogP contribution is -2.49. The van der Waals surface area contributed by atoms with E-state index in [0.717, 1.165) is 0 Å². The Kier molecular flexibility index (Phi) is 3.21. The minimum atomic E-state index is 0.00487. The Balaban J connectivity index is 1.59. The summed E-state index contributed by atoms with van der Waals surface area (Å²) in [5.74, 6) is 0. The van der Waals surface area contributed by atoms with Crippen molar-refractivity contribution >= 4 is 45.7 Å². The van der Waals surface area contributed by atoms with E-state index in [9.17, 15) is 0 Å². The van der Waals surface area contributed by atoms with Gasteiger partial charge in [0.25, 0.3) is 0 Å². The minimum absolute atomic E-state index is 0.00487. The fourth-order valence-electron chi connectivity index (χ4n) is 6.30. The average molecular weight is 395 g/mol. The van der Waals surface area contributed by atoms with E-state index in [0.29, 0.717) is 6.71 Å². The summed E-state index contributed by atoms with van der Waals surface area (Å²) in [6.45, 7) is 5.08. The number of para-hydroxylation sites is 2. The number of nitrogens with zero attached hydrogens (tertiary/aromatic N) is 1. The number of anilines is 3. The number of benzene rings is 4. The summed E-state index contributed by atoms with van der Waals surface area (Å²) in [5.41, 5.74) is 14.0. The first-order chi connectivity index (χ1) is 15.2. The molecule has 0 bridgehead atoms. The van der Waals surface area contributed by atoms with Gasteiger partial charge in [0, 0.05) is 22.5 Å². The van der Waals surface area contributed by atoms with E-state index in [4.69, 9.17) is 0 Å². The molecule has 0 fully saturated rings. The van der Waals surface area contributed by atoms with Crippen LogP contribution in [0.4, 0.5) is 17.1 Å². The Labute approximate surface area is 183 Å². The number of allylic oxidation sites excluding steroid dienone is 1. The highest BCUT2D eigenvalue weighted by Gasteiger charge is 2.51. The van der Waals surface area contributed by atoms with Crippen molar-refractivity contribution in [2.24, 2.45) is 0 Å². The molecule has 0 radical (unpaired) electrons. The van der Waals surface area contributed by atoms with Gasteiger partial charge in [-0.15, -0.1) is 0 Å². The quantitative estimate of drug-likeness (QED) is 0.367. The number of hydrogen-bond acceptors (Lipinski definition) is 1. The topological polar surface area (TPSA) is 3.24 Å². The van der Waals surface area contributed by atoms with Crippen LogP contribution in [0, 0.1) is 0 Å². The summed E-state index contributed by atoms with van der Waals surface area (Å²) in [7, 11) is 0. The molecule has 3 aliphatic rings. The van der Waals surface area contributed by atoms with Gasteiger partial charge in [-0.1, -0.05) is 92.1 Å². The van der Waals surface area contributed by atoms with Gasteiger partial charge in [-0.05, 0) is 57.5 Å². The number of hydrogen-bond donors (Lipinski definition) is 0. The molecular formula is C29H22BN. The third-order valence-electron chi connectivity index (χ3n) is 7.46. The molecule has 0 saturated carbocycles. The molecule has 1 nitrogen and oxygen atoms in total. The van der Waals surface area contributed by atoms with Crippen LogP contribution in [0.1, 0.15) is 30.5 Å². The lowest BCUT2D eigenvalue weighted by atomic mass is 9.35. The zero-order chi connectivity index (χ0) is 20.7. The van der Waals surface area contributed by atoms with Crippen LogP contribution in [0.25, 0.3) is 11.0 Å². The molecule has 0 aromatic heterocycles. The van der Waals surface area contributed by atoms with Crippen LogP contribution < -0.4 is 15.8 Å². The van der Waals surface area contributed by atoms with Crippen molar-refractivity contribution in [1.82, 2.24) is 0 Å². The van der Waals surface area contributed by atoms with Gasteiger partial charge in [-0.3, -0.25) is 0 Å². The largest absolute Gasteiger partial charge is 0.312 e. The first-order valence-electron chi connectivity index (χ1n) is 11.1. The third-order valence-corrected chi connectivity index (χ3v) is 7.46. The highest BCUT2D eigenvalue weighted by atomic mass is 15.1. The third kappa shape index (κ3) is 2.03. The predicted molar refractivity (Wildman–Crippen MR) is 132 cm³/mol. The summed E-state index contributed by atoms with van der Waals surface area (Å²) in [6, 6.07) is 35.7. The molecule has 4 aromatic carbocycles. The highest BCUT2D eigenvalue weighted by molar-refractivity contribution is 7.05. The predicted octanol–water partition coefficient (Wildman–Crippen LogP) is 5.83. The molecule has 2 aliphatic heterocycles. The Morgan fingerprint density at radius 1 is 0.645 bits per heavy atom. The van der Waals surface area contributed by atoms with E-state index in [1.807, 2.05) is 0 Å². The van der Waals surface area contributed by atoms with Crippen molar-refractivity contribution in [3.05, 3.63) is 114 Å². The molecule has 31 heavy (non-hydrogen) atoms. The standard InChI is InChI=1S/C29H22BN/c1-29(2)22-15-7-6-13-20(22)28-26(29)21-14-10-18-25-27(21)30(28)23-16-8-9-17-24(23)31(25)19-11-4-3-5-12-19/h3-18H,1-2H3. The van der Waals surface area contributed by atoms with E-state index in [-0.39, 0.29) is 5.41 Å². The first kappa shape index (κ1) is 17.2. The summed E-state index contributed by atoms with van der Waals surface area (Å²) in [4.78, 5) is 2.45. The smallest absolute Gasteiger partial charge is 0.248 e. The number of rotatable bonds is 1. The molecule has 0 spiro atoms. The van der Waals surface area contributed by atoms with Gasteiger partial charge in [-0.2, -0.15) is 0 Å². The van der Waals surface area contributed by atoms with Gasteiger partial charge in [0.15, 0.2) is 0 Å². The zero-order valence-electron chi connectivity index (χ0n) is 17.8. The Morgan fingerprint density at radius 2 is 1.32 bits per heavy atom. The van der Waals surface area contributed by atoms with Crippen molar-refractivity contribution in [2.75, 3.05) is 4.90 Å². The molecule has 0 unspecified atom stereocenters. The minimum Gasteiger partial charge on any atom is -0.312 e. The summed E-state index contributed by atoms with van der Waals surface area (Å²) in [5, 5.41) is 0. The maximum Gasteiger partial charge on any atom is 0.248 e. The van der Waals surface area contributed by atoms with E-state index >= 15 is 0 Å². The van der Waals surface area contributed by atoms with Gasteiger partial charge >= 0.3 is 0 Å². The lowest BCUT2D eigenvalue weighted by molar-refractivity contribution is 0.704. The van der Waals surface area contributed by atoms with Crippen LogP contribution in [0.3, 0.4) is 0 Å². The average Bonchev–Trinajstić information content (AvgIpc) is 3.28. The van der Waals surface area contributed by atoms with Gasteiger partial charge in [0.1, 0.15) is 0 Å². The van der Waals surface area contributed by atoms with Crippen LogP contribution in [0.2, 0.25) is 0 Å². The van der Waals surface area contributed by atoms with Gasteiger partial charge in [-0.25, -0.2) is 0 Å². The Morgan fingerprint density at radius 3 is 2.19 bits per heavy atom. The molecule has 4 aromatic rings. The maximum absolute atomic E-state index is 2.45. The van der Waals surface area contributed by atoms with Crippen molar-refractivity contribution in [1.29, 1.82) is 0 Å². The highest BCUT2D eigenvalue weighted by Crippen LogP contribution is 2.56. The first-order valence-corrected chi connectivity index (χ1v) is 11.1. The molecule has 7 rings (SSSR count). The SMILES string of the molecule is CC1(C)C2=C(B3c4ccccc4N(c4ccccc4)c4cccc2c43)c2ccccc21. The second-order valence-electron chi connectivity index (χ2n) is 9.36. The van der Waals surface area contributed by atoms with Crippen molar-refractivity contribution < 1.29 is 0 Å². The number of fused-ring (bicyclic) bond motifs is 6. The summed E-state index contributed by atoms with van der Waals surface area (Å²) >= 11 is 0. The Bertz CT molecular complexity index is 1410. The van der Waals surface area contributed by atoms with E-state index < -0.39 is 0 Å². The molecule has 146 valence electrons. The molecule has 0 atom stereocenters. The van der Waals surface area contributed by atoms with Crippen LogP contribution in [-0.2, 0) is 5.41 Å². The normalized spacial score (nSPS) is 16.7. The van der Waals surface area contributed by atoms with Crippen LogP contribution in [-0.4, -0.2) is 6.71 Å². The van der Waals surface area contributed by atoms with E-state index in [1.165, 1.54) is 55.7 Å². The molecular weight excluding hydrogens is 373 g/mol. The molecule has 0 amide bonds. The fourth-order valence-corrected chi connectivity index (χ4v) is 6.30. The molecule has 1 aliphatic carbocycles. The molecule has 2 heterocycles. The van der Waals surface area contributed by atoms with Crippen molar-refractivity contribution in [2.45, 2.75) is 19.3 Å². The monoisotopic (exact) mass is 395 g/mol. The summed E-state index contributed by atoms with van der Waals surface area (Å²) < 4.78 is 0. The van der Waals surface area contributed by atoms with Crippen LogP contribution >= 0.6 is 0 Å². The lowest BCUT2D eigenvalue weighted by Gasteiger charge is -2.37. The Hall–Kier alpha value is -3.52. The van der Waals surface area contributed by atoms with Crippen LogP contribution in [0.15, 0.2) is 97.1 Å². The van der Waals surface area contributed by atoms with Crippen LogP contribution in [0.5, 0.6) is 0 Å². The van der Waals surface area contributed by atoms with Gasteiger partial charge in [0.2, 0.25) is 6.71 Å².